The van der Waals surface area contributed by atoms with Gasteiger partial charge in [-0.05, 0) is 0 Å². The second-order valence-corrected chi connectivity index (χ2v) is 4.09. The lowest BCUT2D eigenvalue weighted by Crippen LogP contribution is -2.25. The molecule has 1 aliphatic rings. The quantitative estimate of drug-likeness (QED) is 0.833. The van der Waals surface area contributed by atoms with Crippen molar-refractivity contribution in [2.75, 3.05) is 6.54 Å². The maximum Gasteiger partial charge on any atom is 0.308 e. The van der Waals surface area contributed by atoms with Crippen molar-refractivity contribution < 1.29 is 19.1 Å². The number of carboxylic acid groups (broad SMARTS) is 1. The van der Waals surface area contributed by atoms with Crippen molar-refractivity contribution >= 4 is 11.9 Å². The summed E-state index contributed by atoms with van der Waals surface area (Å²) in [4.78, 5) is 27.9. The number of aromatic nitrogens is 1. The van der Waals surface area contributed by atoms with E-state index < -0.39 is 11.9 Å². The molecule has 0 spiro atoms. The van der Waals surface area contributed by atoms with Crippen LogP contribution >= 0.6 is 0 Å². The number of carbonyl (C=O) groups is 2. The first-order valence-electron chi connectivity index (χ1n) is 5.54. The summed E-state index contributed by atoms with van der Waals surface area (Å²) in [6.45, 7) is 2.44. The first kappa shape index (κ1) is 11.6. The van der Waals surface area contributed by atoms with Crippen LogP contribution < -0.4 is 0 Å². The van der Waals surface area contributed by atoms with Crippen LogP contribution in [0.25, 0.3) is 0 Å². The van der Waals surface area contributed by atoms with E-state index in [4.69, 9.17) is 9.52 Å². The van der Waals surface area contributed by atoms with Gasteiger partial charge in [0.2, 0.25) is 11.8 Å². The molecule has 1 atom stereocenters. The van der Waals surface area contributed by atoms with Crippen LogP contribution in [0.4, 0.5) is 0 Å². The number of rotatable bonds is 4. The third-order valence-electron chi connectivity index (χ3n) is 2.84. The fraction of sp³-hybridized carbons (Fsp3) is 0.545. The fourth-order valence-corrected chi connectivity index (χ4v) is 1.84. The molecule has 1 N–H and O–H groups in total. The van der Waals surface area contributed by atoms with Crippen molar-refractivity contribution in [3.05, 3.63) is 17.8 Å². The topological polar surface area (TPSA) is 83.6 Å². The third kappa shape index (κ3) is 2.46. The van der Waals surface area contributed by atoms with Crippen LogP contribution in [0, 0.1) is 5.92 Å². The lowest BCUT2D eigenvalue weighted by atomic mass is 10.1. The summed E-state index contributed by atoms with van der Waals surface area (Å²) in [6, 6.07) is 0. The molecule has 1 amide bonds. The highest BCUT2D eigenvalue weighted by Gasteiger charge is 2.34. The highest BCUT2D eigenvalue weighted by atomic mass is 16.4. The van der Waals surface area contributed by atoms with Gasteiger partial charge in [0, 0.05) is 19.4 Å². The molecule has 2 heterocycles. The van der Waals surface area contributed by atoms with E-state index in [1.807, 2.05) is 6.92 Å². The Kier molecular flexibility index (Phi) is 3.12. The molecule has 17 heavy (non-hydrogen) atoms. The number of hydrogen-bond acceptors (Lipinski definition) is 4. The molecule has 1 aliphatic heterocycles. The van der Waals surface area contributed by atoms with E-state index in [0.29, 0.717) is 5.89 Å². The number of carbonyl (C=O) groups excluding carboxylic acids is 1. The van der Waals surface area contributed by atoms with Gasteiger partial charge in [0.05, 0.1) is 18.7 Å². The van der Waals surface area contributed by atoms with Gasteiger partial charge in [-0.25, -0.2) is 4.98 Å². The number of likely N-dealkylation sites (tertiary alicyclic amines) is 1. The van der Waals surface area contributed by atoms with Crippen LogP contribution in [0.1, 0.15) is 25.0 Å². The number of carboxylic acids is 1. The first-order valence-corrected chi connectivity index (χ1v) is 5.54. The zero-order valence-electron chi connectivity index (χ0n) is 9.55. The monoisotopic (exact) mass is 238 g/mol. The molecule has 0 radical (unpaired) electrons. The van der Waals surface area contributed by atoms with Gasteiger partial charge in [0.25, 0.3) is 0 Å². The molecule has 1 aromatic heterocycles. The lowest BCUT2D eigenvalue weighted by molar-refractivity contribution is -0.141. The second kappa shape index (κ2) is 4.57. The van der Waals surface area contributed by atoms with Gasteiger partial charge in [-0.3, -0.25) is 9.59 Å². The highest BCUT2D eigenvalue weighted by molar-refractivity contribution is 5.85. The predicted octanol–water partition coefficient (Wildman–Crippen LogP) is 0.670. The van der Waals surface area contributed by atoms with Gasteiger partial charge >= 0.3 is 5.97 Å². The number of amides is 1. The molecule has 1 saturated heterocycles. The van der Waals surface area contributed by atoms with Gasteiger partial charge in [-0.15, -0.1) is 0 Å². The molecule has 1 fully saturated rings. The van der Waals surface area contributed by atoms with E-state index in [1.54, 1.807) is 6.20 Å². The maximum atomic E-state index is 11.6. The number of aliphatic carboxylic acids is 1. The van der Waals surface area contributed by atoms with Gasteiger partial charge in [0.1, 0.15) is 5.76 Å². The van der Waals surface area contributed by atoms with Crippen molar-refractivity contribution in [3.63, 3.8) is 0 Å². The van der Waals surface area contributed by atoms with Gasteiger partial charge < -0.3 is 14.4 Å². The summed E-state index contributed by atoms with van der Waals surface area (Å²) in [5.74, 6) is -0.470. The van der Waals surface area contributed by atoms with E-state index in [0.717, 1.165) is 12.2 Å². The molecule has 6 nitrogen and oxygen atoms in total. The number of oxazole rings is 1. The molecule has 0 saturated carbocycles. The van der Waals surface area contributed by atoms with Crippen molar-refractivity contribution in [2.45, 2.75) is 26.3 Å². The third-order valence-corrected chi connectivity index (χ3v) is 2.84. The minimum absolute atomic E-state index is 0.0661. The van der Waals surface area contributed by atoms with Crippen molar-refractivity contribution in [3.8, 4) is 0 Å². The molecule has 1 aromatic rings. The molecule has 6 heteroatoms. The van der Waals surface area contributed by atoms with Gasteiger partial charge in [0.15, 0.2) is 0 Å². The average molecular weight is 238 g/mol. The molecular weight excluding hydrogens is 224 g/mol. The van der Waals surface area contributed by atoms with Crippen LogP contribution in [0.15, 0.2) is 10.6 Å². The van der Waals surface area contributed by atoms with Crippen LogP contribution in [-0.4, -0.2) is 33.4 Å². The smallest absolute Gasteiger partial charge is 0.308 e. The van der Waals surface area contributed by atoms with Crippen LogP contribution in [0.5, 0.6) is 0 Å². The Morgan fingerprint density at radius 1 is 1.71 bits per heavy atom. The molecule has 92 valence electrons. The number of hydrogen-bond donors (Lipinski definition) is 1. The Balaban J connectivity index is 2.00. The number of nitrogens with zero attached hydrogens (tertiary/aromatic N) is 2. The van der Waals surface area contributed by atoms with Crippen LogP contribution in [-0.2, 0) is 22.6 Å². The van der Waals surface area contributed by atoms with Gasteiger partial charge in [-0.2, -0.15) is 0 Å². The van der Waals surface area contributed by atoms with E-state index in [-0.39, 0.29) is 25.4 Å². The zero-order valence-corrected chi connectivity index (χ0v) is 9.55. The Morgan fingerprint density at radius 3 is 3.00 bits per heavy atom. The van der Waals surface area contributed by atoms with Crippen LogP contribution in [0.3, 0.4) is 0 Å². The summed E-state index contributed by atoms with van der Waals surface area (Å²) < 4.78 is 5.39. The minimum Gasteiger partial charge on any atom is -0.481 e. The number of aryl methyl sites for hydroxylation is 1. The van der Waals surface area contributed by atoms with Crippen molar-refractivity contribution in [2.24, 2.45) is 5.92 Å². The molecule has 0 aliphatic carbocycles. The largest absolute Gasteiger partial charge is 0.481 e. The zero-order chi connectivity index (χ0) is 12.4. The molecular formula is C11H14N2O4. The summed E-state index contributed by atoms with van der Waals surface area (Å²) in [5.41, 5.74) is 0. The van der Waals surface area contributed by atoms with Crippen LogP contribution in [0.2, 0.25) is 0 Å². The Labute approximate surface area is 98.2 Å². The minimum atomic E-state index is -0.928. The first-order chi connectivity index (χ1) is 8.10. The normalized spacial score (nSPS) is 19.9. The van der Waals surface area contributed by atoms with E-state index >= 15 is 0 Å². The summed E-state index contributed by atoms with van der Waals surface area (Å²) in [5, 5.41) is 8.84. The fourth-order valence-electron chi connectivity index (χ4n) is 1.84. The van der Waals surface area contributed by atoms with E-state index in [2.05, 4.69) is 4.98 Å². The van der Waals surface area contributed by atoms with Crippen molar-refractivity contribution in [1.82, 2.24) is 9.88 Å². The highest BCUT2D eigenvalue weighted by Crippen LogP contribution is 2.20. The summed E-state index contributed by atoms with van der Waals surface area (Å²) >= 11 is 0. The maximum absolute atomic E-state index is 11.6. The summed E-state index contributed by atoms with van der Waals surface area (Å²) in [7, 11) is 0. The molecule has 2 rings (SSSR count). The SMILES string of the molecule is CCc1cnc(CN2CC(C(=O)O)CC2=O)o1. The van der Waals surface area contributed by atoms with Crippen molar-refractivity contribution in [1.29, 1.82) is 0 Å². The Hall–Kier alpha value is -1.85. The molecule has 0 aromatic carbocycles. The average Bonchev–Trinajstić information content (AvgIpc) is 2.87. The van der Waals surface area contributed by atoms with E-state index in [9.17, 15) is 9.59 Å². The molecule has 0 bridgehead atoms. The van der Waals surface area contributed by atoms with Gasteiger partial charge in [-0.1, -0.05) is 6.92 Å². The Morgan fingerprint density at radius 2 is 2.47 bits per heavy atom. The molecule has 1 unspecified atom stereocenters. The summed E-state index contributed by atoms with van der Waals surface area (Å²) in [6.07, 6.45) is 2.44. The second-order valence-electron chi connectivity index (χ2n) is 4.09. The standard InChI is InChI=1S/C11H14N2O4/c1-2-8-4-12-9(17-8)6-13-5-7(11(15)16)3-10(13)14/h4,7H,2-3,5-6H2,1H3,(H,15,16). The Bertz CT molecular complexity index is 440. The van der Waals surface area contributed by atoms with E-state index in [1.165, 1.54) is 4.90 Å². The predicted molar refractivity (Wildman–Crippen MR) is 57.0 cm³/mol. The lowest BCUT2D eigenvalue weighted by Gasteiger charge is -2.12.